The van der Waals surface area contributed by atoms with Crippen LogP contribution in [0, 0.1) is 11.8 Å². The lowest BCUT2D eigenvalue weighted by atomic mass is 10.0. The summed E-state index contributed by atoms with van der Waals surface area (Å²) in [6, 6.07) is 6.66. The van der Waals surface area contributed by atoms with Gasteiger partial charge in [0.15, 0.2) is 0 Å². The Kier molecular flexibility index (Phi) is 9.13. The number of ether oxygens (including phenoxy) is 2. The molecule has 0 aliphatic rings. The minimum atomic E-state index is -0.478. The Hall–Kier alpha value is -1.84. The van der Waals surface area contributed by atoms with Crippen molar-refractivity contribution >= 4 is 11.9 Å². The number of hydrogen-bond donors (Lipinski definition) is 0. The quantitative estimate of drug-likeness (QED) is 0.573. The van der Waals surface area contributed by atoms with Crippen molar-refractivity contribution in [2.75, 3.05) is 13.2 Å². The molecule has 0 radical (unpaired) electrons. The molecule has 0 amide bonds. The molecule has 1 rings (SSSR count). The first-order valence-corrected chi connectivity index (χ1v) is 8.92. The van der Waals surface area contributed by atoms with Gasteiger partial charge in [-0.3, -0.25) is 0 Å². The molecular weight excluding hydrogens is 304 g/mol. The number of carbonyl (C=O) groups is 2. The number of carbonyl (C=O) groups excluding carboxylic acids is 2. The van der Waals surface area contributed by atoms with E-state index < -0.39 is 11.9 Å². The van der Waals surface area contributed by atoms with Gasteiger partial charge in [0.1, 0.15) is 0 Å². The number of hydrogen-bond acceptors (Lipinski definition) is 4. The molecule has 1 atom stereocenters. The molecule has 4 heteroatoms. The van der Waals surface area contributed by atoms with Crippen molar-refractivity contribution in [3.8, 4) is 0 Å². The van der Waals surface area contributed by atoms with Crippen molar-refractivity contribution in [2.45, 2.75) is 53.4 Å². The van der Waals surface area contributed by atoms with E-state index in [0.29, 0.717) is 19.1 Å². The second-order valence-corrected chi connectivity index (χ2v) is 6.55. The zero-order valence-electron chi connectivity index (χ0n) is 15.3. The largest absolute Gasteiger partial charge is 0.462 e. The molecule has 134 valence electrons. The molecule has 0 aliphatic carbocycles. The van der Waals surface area contributed by atoms with E-state index in [1.54, 1.807) is 24.3 Å². The lowest BCUT2D eigenvalue weighted by molar-refractivity contribution is 0.0394. The Bertz CT molecular complexity index is 522. The maximum atomic E-state index is 12.4. The fraction of sp³-hybridized carbons (Fsp3) is 0.600. The zero-order chi connectivity index (χ0) is 17.9. The van der Waals surface area contributed by atoms with Gasteiger partial charge in [-0.15, -0.1) is 0 Å². The van der Waals surface area contributed by atoms with E-state index in [4.69, 9.17) is 9.47 Å². The van der Waals surface area contributed by atoms with Crippen LogP contribution in [0.1, 0.15) is 74.1 Å². The minimum absolute atomic E-state index is 0.247. The lowest BCUT2D eigenvalue weighted by Gasteiger charge is -2.15. The van der Waals surface area contributed by atoms with Crippen LogP contribution in [0.4, 0.5) is 0 Å². The first-order valence-electron chi connectivity index (χ1n) is 8.92. The normalized spacial score (nSPS) is 12.0. The van der Waals surface area contributed by atoms with E-state index >= 15 is 0 Å². The lowest BCUT2D eigenvalue weighted by Crippen LogP contribution is -2.18. The van der Waals surface area contributed by atoms with Gasteiger partial charge in [0, 0.05) is 0 Å². The van der Waals surface area contributed by atoms with Crippen LogP contribution in [-0.4, -0.2) is 25.2 Å². The maximum absolute atomic E-state index is 12.4. The molecule has 1 aromatic carbocycles. The zero-order valence-corrected chi connectivity index (χ0v) is 15.3. The third kappa shape index (κ3) is 6.73. The maximum Gasteiger partial charge on any atom is 0.339 e. The van der Waals surface area contributed by atoms with Gasteiger partial charge in [-0.2, -0.15) is 0 Å². The SMILES string of the molecule is CCCC[C@H](CC)COC(=O)c1ccccc1C(=O)OCC(C)C. The van der Waals surface area contributed by atoms with Gasteiger partial charge in [0.2, 0.25) is 0 Å². The van der Waals surface area contributed by atoms with Crippen LogP contribution in [-0.2, 0) is 9.47 Å². The van der Waals surface area contributed by atoms with Crippen LogP contribution in [0.2, 0.25) is 0 Å². The monoisotopic (exact) mass is 334 g/mol. The average molecular weight is 334 g/mol. The summed E-state index contributed by atoms with van der Waals surface area (Å²) in [4.78, 5) is 24.6. The topological polar surface area (TPSA) is 52.6 Å². The average Bonchev–Trinajstić information content (AvgIpc) is 2.59. The Balaban J connectivity index is 2.71. The van der Waals surface area contributed by atoms with Crippen molar-refractivity contribution in [1.29, 1.82) is 0 Å². The molecule has 0 spiro atoms. The Morgan fingerprint density at radius 1 is 0.958 bits per heavy atom. The predicted octanol–water partition coefficient (Wildman–Crippen LogP) is 4.87. The number of unbranched alkanes of at least 4 members (excludes halogenated alkanes) is 1. The Morgan fingerprint density at radius 3 is 1.96 bits per heavy atom. The highest BCUT2D eigenvalue weighted by molar-refractivity contribution is 6.03. The Morgan fingerprint density at radius 2 is 1.50 bits per heavy atom. The highest BCUT2D eigenvalue weighted by atomic mass is 16.5. The van der Waals surface area contributed by atoms with Crippen molar-refractivity contribution < 1.29 is 19.1 Å². The molecule has 0 N–H and O–H groups in total. The smallest absolute Gasteiger partial charge is 0.339 e. The summed E-state index contributed by atoms with van der Waals surface area (Å²) in [6.07, 6.45) is 4.30. The van der Waals surface area contributed by atoms with Gasteiger partial charge in [0.05, 0.1) is 24.3 Å². The molecule has 0 aliphatic heterocycles. The van der Waals surface area contributed by atoms with Gasteiger partial charge in [-0.05, 0) is 30.4 Å². The molecule has 0 heterocycles. The van der Waals surface area contributed by atoms with Gasteiger partial charge >= 0.3 is 11.9 Å². The van der Waals surface area contributed by atoms with Gasteiger partial charge < -0.3 is 9.47 Å². The minimum Gasteiger partial charge on any atom is -0.462 e. The highest BCUT2D eigenvalue weighted by Gasteiger charge is 2.20. The predicted molar refractivity (Wildman–Crippen MR) is 95.2 cm³/mol. The van der Waals surface area contributed by atoms with E-state index in [-0.39, 0.29) is 17.0 Å². The van der Waals surface area contributed by atoms with Gasteiger partial charge in [0.25, 0.3) is 0 Å². The van der Waals surface area contributed by atoms with Crippen LogP contribution in [0.25, 0.3) is 0 Å². The fourth-order valence-corrected chi connectivity index (χ4v) is 2.33. The molecule has 1 aromatic rings. The summed E-state index contributed by atoms with van der Waals surface area (Å²) in [5.41, 5.74) is 0.543. The van der Waals surface area contributed by atoms with Crippen LogP contribution in [0.3, 0.4) is 0 Å². The van der Waals surface area contributed by atoms with E-state index in [0.717, 1.165) is 25.7 Å². The molecule has 0 unspecified atom stereocenters. The second-order valence-electron chi connectivity index (χ2n) is 6.55. The summed E-state index contributed by atoms with van der Waals surface area (Å²) >= 11 is 0. The standard InChI is InChI=1S/C20H30O4/c1-5-7-10-16(6-2)14-24-20(22)18-12-9-8-11-17(18)19(21)23-13-15(3)4/h8-9,11-12,15-16H,5-7,10,13-14H2,1-4H3/t16-/m0/s1. The van der Waals surface area contributed by atoms with Crippen molar-refractivity contribution in [2.24, 2.45) is 11.8 Å². The molecule has 0 bridgehead atoms. The summed E-state index contributed by atoms with van der Waals surface area (Å²) in [5.74, 6) is -0.317. The molecule has 0 saturated carbocycles. The number of esters is 2. The molecular formula is C20H30O4. The first kappa shape index (κ1) is 20.2. The molecule has 0 saturated heterocycles. The summed E-state index contributed by atoms with van der Waals surface area (Å²) in [6.45, 7) is 8.91. The Labute approximate surface area is 145 Å². The van der Waals surface area contributed by atoms with Crippen molar-refractivity contribution in [1.82, 2.24) is 0 Å². The molecule has 0 aromatic heterocycles. The van der Waals surface area contributed by atoms with Gasteiger partial charge in [-0.1, -0.05) is 59.1 Å². The fourth-order valence-electron chi connectivity index (χ4n) is 2.33. The first-order chi connectivity index (χ1) is 11.5. The van der Waals surface area contributed by atoms with Crippen LogP contribution in [0.5, 0.6) is 0 Å². The summed E-state index contributed by atoms with van der Waals surface area (Å²) in [7, 11) is 0. The third-order valence-corrected chi connectivity index (χ3v) is 3.91. The van der Waals surface area contributed by atoms with E-state index in [1.807, 2.05) is 13.8 Å². The highest BCUT2D eigenvalue weighted by Crippen LogP contribution is 2.16. The van der Waals surface area contributed by atoms with Crippen LogP contribution >= 0.6 is 0 Å². The van der Waals surface area contributed by atoms with Crippen LogP contribution in [0.15, 0.2) is 24.3 Å². The van der Waals surface area contributed by atoms with Gasteiger partial charge in [-0.25, -0.2) is 9.59 Å². The van der Waals surface area contributed by atoms with E-state index in [2.05, 4.69) is 13.8 Å². The summed E-state index contributed by atoms with van der Waals surface area (Å²) < 4.78 is 10.7. The molecule has 0 fully saturated rings. The summed E-state index contributed by atoms with van der Waals surface area (Å²) in [5, 5.41) is 0. The number of rotatable bonds is 10. The second kappa shape index (κ2) is 10.8. The van der Waals surface area contributed by atoms with E-state index in [1.165, 1.54) is 0 Å². The number of benzene rings is 1. The third-order valence-electron chi connectivity index (χ3n) is 3.91. The molecule has 4 nitrogen and oxygen atoms in total. The van der Waals surface area contributed by atoms with Crippen molar-refractivity contribution in [3.63, 3.8) is 0 Å². The van der Waals surface area contributed by atoms with E-state index in [9.17, 15) is 9.59 Å². The molecule has 24 heavy (non-hydrogen) atoms. The van der Waals surface area contributed by atoms with Crippen LogP contribution < -0.4 is 0 Å². The van der Waals surface area contributed by atoms with Crippen molar-refractivity contribution in [3.05, 3.63) is 35.4 Å².